The molecule has 1 aromatic carbocycles. The number of nitrogens with two attached hydrogens (primary N) is 1. The number of nitrogen functional groups attached to an aromatic ring is 1. The van der Waals surface area contributed by atoms with Crippen molar-refractivity contribution in [2.24, 2.45) is 0 Å². The molecule has 0 saturated heterocycles. The molecule has 1 aromatic heterocycles. The van der Waals surface area contributed by atoms with Gasteiger partial charge in [0.2, 0.25) is 0 Å². The van der Waals surface area contributed by atoms with Crippen molar-refractivity contribution in [3.05, 3.63) is 28.4 Å². The maximum Gasteiger partial charge on any atom is 0.0667 e. The van der Waals surface area contributed by atoms with Gasteiger partial charge in [0.15, 0.2) is 0 Å². The summed E-state index contributed by atoms with van der Waals surface area (Å²) < 4.78 is 0. The summed E-state index contributed by atoms with van der Waals surface area (Å²) in [6.07, 6.45) is 0.983. The molecule has 0 aliphatic rings. The van der Waals surface area contributed by atoms with Crippen molar-refractivity contribution in [3.8, 4) is 0 Å². The molecule has 0 aliphatic carbocycles. The molecule has 0 aliphatic heterocycles. The quantitative estimate of drug-likeness (QED) is 0.694. The highest BCUT2D eigenvalue weighted by molar-refractivity contribution is 6.35. The van der Waals surface area contributed by atoms with E-state index in [0.717, 1.165) is 17.3 Å². The van der Waals surface area contributed by atoms with Gasteiger partial charge in [0.05, 0.1) is 10.5 Å². The zero-order valence-electron chi connectivity index (χ0n) is 8.32. The zero-order chi connectivity index (χ0) is 10.3. The summed E-state index contributed by atoms with van der Waals surface area (Å²) in [5.41, 5.74) is 9.93. The predicted octanol–water partition coefficient (Wildman–Crippen LogP) is 3.27. The third-order valence-electron chi connectivity index (χ3n) is 2.60. The molecule has 3 heteroatoms. The molecule has 0 spiro atoms. The first-order valence-electron chi connectivity index (χ1n) is 4.69. The molecular formula is C11H13ClN2. The summed E-state index contributed by atoms with van der Waals surface area (Å²) in [6, 6.07) is 3.74. The van der Waals surface area contributed by atoms with Crippen LogP contribution in [0.1, 0.15) is 18.2 Å². The van der Waals surface area contributed by atoms with Gasteiger partial charge in [-0.25, -0.2) is 0 Å². The van der Waals surface area contributed by atoms with Gasteiger partial charge in [-0.15, -0.1) is 0 Å². The van der Waals surface area contributed by atoms with Gasteiger partial charge in [0.1, 0.15) is 0 Å². The van der Waals surface area contributed by atoms with E-state index in [1.165, 1.54) is 11.3 Å². The minimum atomic E-state index is 0.697. The number of aryl methyl sites for hydroxylation is 2. The summed E-state index contributed by atoms with van der Waals surface area (Å²) in [6.45, 7) is 4.21. The molecule has 0 fully saturated rings. The molecule has 2 nitrogen and oxygen atoms in total. The van der Waals surface area contributed by atoms with Crippen molar-refractivity contribution in [1.82, 2.24) is 4.98 Å². The van der Waals surface area contributed by atoms with E-state index in [1.807, 2.05) is 6.07 Å². The Labute approximate surface area is 88.1 Å². The minimum Gasteiger partial charge on any atom is -0.399 e. The normalized spacial score (nSPS) is 11.1. The number of aromatic nitrogens is 1. The average Bonchev–Trinajstić information content (AvgIpc) is 2.44. The summed E-state index contributed by atoms with van der Waals surface area (Å²) in [5.74, 6) is 0. The van der Waals surface area contributed by atoms with Gasteiger partial charge in [-0.2, -0.15) is 0 Å². The highest BCUT2D eigenvalue weighted by atomic mass is 35.5. The van der Waals surface area contributed by atoms with Gasteiger partial charge in [-0.05, 0) is 31.0 Å². The molecule has 14 heavy (non-hydrogen) atoms. The van der Waals surface area contributed by atoms with E-state index >= 15 is 0 Å². The molecule has 2 aromatic rings. The fourth-order valence-corrected chi connectivity index (χ4v) is 2.09. The molecule has 74 valence electrons. The van der Waals surface area contributed by atoms with Gasteiger partial charge in [0.25, 0.3) is 0 Å². The van der Waals surface area contributed by atoms with E-state index < -0.39 is 0 Å². The van der Waals surface area contributed by atoms with Crippen LogP contribution < -0.4 is 5.73 Å². The van der Waals surface area contributed by atoms with Crippen molar-refractivity contribution in [2.45, 2.75) is 20.3 Å². The Morgan fingerprint density at radius 3 is 2.79 bits per heavy atom. The lowest BCUT2D eigenvalue weighted by Crippen LogP contribution is -1.84. The maximum absolute atomic E-state index is 6.09. The second-order valence-electron chi connectivity index (χ2n) is 3.51. The van der Waals surface area contributed by atoms with Gasteiger partial charge in [-0.3, -0.25) is 0 Å². The Bertz CT molecular complexity index is 485. The maximum atomic E-state index is 6.09. The molecule has 0 radical (unpaired) electrons. The fraction of sp³-hybridized carbons (Fsp3) is 0.273. The van der Waals surface area contributed by atoms with Crippen LogP contribution in [0.3, 0.4) is 0 Å². The molecule has 0 bridgehead atoms. The number of aromatic amines is 1. The number of nitrogens with one attached hydrogen (secondary N) is 1. The fourth-order valence-electron chi connectivity index (χ4n) is 1.81. The third-order valence-corrected chi connectivity index (χ3v) is 2.90. The molecule has 0 saturated carbocycles. The second-order valence-corrected chi connectivity index (χ2v) is 3.91. The van der Waals surface area contributed by atoms with Crippen LogP contribution in [0, 0.1) is 6.92 Å². The number of hydrogen-bond donors (Lipinski definition) is 2. The number of H-pyrrole nitrogens is 1. The minimum absolute atomic E-state index is 0.697. The number of hydrogen-bond acceptors (Lipinski definition) is 1. The first kappa shape index (κ1) is 9.41. The Kier molecular flexibility index (Phi) is 2.16. The topological polar surface area (TPSA) is 41.8 Å². The van der Waals surface area contributed by atoms with E-state index in [-0.39, 0.29) is 0 Å². The summed E-state index contributed by atoms with van der Waals surface area (Å²) in [4.78, 5) is 3.32. The van der Waals surface area contributed by atoms with Crippen LogP contribution in [0.25, 0.3) is 10.9 Å². The largest absolute Gasteiger partial charge is 0.399 e. The highest BCUT2D eigenvalue weighted by Crippen LogP contribution is 2.30. The molecule has 0 unspecified atom stereocenters. The number of benzene rings is 1. The molecular weight excluding hydrogens is 196 g/mol. The zero-order valence-corrected chi connectivity index (χ0v) is 9.07. The lowest BCUT2D eigenvalue weighted by Gasteiger charge is -1.97. The summed E-state index contributed by atoms with van der Waals surface area (Å²) in [5, 5.41) is 1.83. The first-order valence-corrected chi connectivity index (χ1v) is 5.07. The van der Waals surface area contributed by atoms with E-state index in [0.29, 0.717) is 10.7 Å². The third kappa shape index (κ3) is 1.26. The van der Waals surface area contributed by atoms with Gasteiger partial charge < -0.3 is 10.7 Å². The smallest absolute Gasteiger partial charge is 0.0667 e. The van der Waals surface area contributed by atoms with E-state index in [2.05, 4.69) is 18.8 Å². The standard InChI is InChI=1S/C11H13ClN2/c1-3-10-6(2)8-4-7(13)5-9(12)11(8)14-10/h4-5,14H,3,13H2,1-2H3. The van der Waals surface area contributed by atoms with E-state index in [9.17, 15) is 0 Å². The van der Waals surface area contributed by atoms with Crippen molar-refractivity contribution in [2.75, 3.05) is 5.73 Å². The number of fused-ring (bicyclic) bond motifs is 1. The van der Waals surface area contributed by atoms with Crippen molar-refractivity contribution >= 4 is 28.2 Å². The molecule has 0 amide bonds. The number of anilines is 1. The van der Waals surface area contributed by atoms with Crippen LogP contribution >= 0.6 is 11.6 Å². The highest BCUT2D eigenvalue weighted by Gasteiger charge is 2.09. The average molecular weight is 209 g/mol. The van der Waals surface area contributed by atoms with Crippen LogP contribution in [0.4, 0.5) is 5.69 Å². The Morgan fingerprint density at radius 1 is 1.43 bits per heavy atom. The molecule has 3 N–H and O–H groups in total. The molecule has 2 rings (SSSR count). The SMILES string of the molecule is CCc1[nH]c2c(Cl)cc(N)cc2c1C. The van der Waals surface area contributed by atoms with Crippen molar-refractivity contribution in [1.29, 1.82) is 0 Å². The summed E-state index contributed by atoms with van der Waals surface area (Å²) in [7, 11) is 0. The number of halogens is 1. The molecule has 0 atom stereocenters. The van der Waals surface area contributed by atoms with Crippen LogP contribution in [-0.2, 0) is 6.42 Å². The van der Waals surface area contributed by atoms with Crippen molar-refractivity contribution in [3.63, 3.8) is 0 Å². The van der Waals surface area contributed by atoms with Crippen LogP contribution in [0.15, 0.2) is 12.1 Å². The Morgan fingerprint density at radius 2 is 2.14 bits per heavy atom. The van der Waals surface area contributed by atoms with Gasteiger partial charge in [0, 0.05) is 16.8 Å². The van der Waals surface area contributed by atoms with Gasteiger partial charge >= 0.3 is 0 Å². The summed E-state index contributed by atoms with van der Waals surface area (Å²) >= 11 is 6.09. The molecule has 1 heterocycles. The lowest BCUT2D eigenvalue weighted by molar-refractivity contribution is 1.05. The van der Waals surface area contributed by atoms with Crippen LogP contribution in [0.5, 0.6) is 0 Å². The monoisotopic (exact) mass is 208 g/mol. The first-order chi connectivity index (χ1) is 6.63. The van der Waals surface area contributed by atoms with Crippen LogP contribution in [0.2, 0.25) is 5.02 Å². The van der Waals surface area contributed by atoms with E-state index in [4.69, 9.17) is 17.3 Å². The van der Waals surface area contributed by atoms with Gasteiger partial charge in [-0.1, -0.05) is 18.5 Å². The predicted molar refractivity (Wildman–Crippen MR) is 61.8 cm³/mol. The van der Waals surface area contributed by atoms with E-state index in [1.54, 1.807) is 6.07 Å². The lowest BCUT2D eigenvalue weighted by atomic mass is 10.1. The van der Waals surface area contributed by atoms with Crippen molar-refractivity contribution < 1.29 is 0 Å². The number of rotatable bonds is 1. The Hall–Kier alpha value is -1.15. The Balaban J connectivity index is 2.85. The second kappa shape index (κ2) is 3.21. The van der Waals surface area contributed by atoms with Crippen LogP contribution in [-0.4, -0.2) is 4.98 Å².